The molecule has 3 nitrogen and oxygen atoms in total. The molecule has 1 heterocycles. The minimum Gasteiger partial charge on any atom is -0.342 e. The Balaban J connectivity index is 2.06. The molecule has 0 bridgehead atoms. The third-order valence-corrected chi connectivity index (χ3v) is 5.04. The van der Waals surface area contributed by atoms with E-state index in [1.165, 1.54) is 0 Å². The molecule has 0 atom stereocenters. The molecule has 2 aliphatic rings. The zero-order valence-corrected chi connectivity index (χ0v) is 12.2. The van der Waals surface area contributed by atoms with Gasteiger partial charge in [-0.15, -0.1) is 0 Å². The number of amides is 1. The van der Waals surface area contributed by atoms with E-state index in [2.05, 4.69) is 25.7 Å². The van der Waals surface area contributed by atoms with Gasteiger partial charge in [0.15, 0.2) is 0 Å². The summed E-state index contributed by atoms with van der Waals surface area (Å²) in [7, 11) is 0. The number of nitrogens with zero attached hydrogens (tertiary/aromatic N) is 1. The van der Waals surface area contributed by atoms with Gasteiger partial charge in [-0.3, -0.25) is 4.79 Å². The van der Waals surface area contributed by atoms with Gasteiger partial charge in [-0.1, -0.05) is 20.8 Å². The quantitative estimate of drug-likeness (QED) is 0.820. The SMILES string of the molecule is CC1CCC(CN)(C(=O)N2CCC(C)(C)C2)CC1. The van der Waals surface area contributed by atoms with Crippen molar-refractivity contribution in [3.63, 3.8) is 0 Å². The van der Waals surface area contributed by atoms with Crippen LogP contribution in [0.5, 0.6) is 0 Å². The van der Waals surface area contributed by atoms with Crippen molar-refractivity contribution in [3.8, 4) is 0 Å². The highest BCUT2D eigenvalue weighted by molar-refractivity contribution is 5.83. The van der Waals surface area contributed by atoms with Gasteiger partial charge in [-0.05, 0) is 43.4 Å². The summed E-state index contributed by atoms with van der Waals surface area (Å²) in [6.07, 6.45) is 5.40. The molecule has 104 valence electrons. The van der Waals surface area contributed by atoms with Crippen molar-refractivity contribution in [2.24, 2.45) is 22.5 Å². The Labute approximate surface area is 111 Å². The van der Waals surface area contributed by atoms with Crippen molar-refractivity contribution in [2.45, 2.75) is 52.9 Å². The van der Waals surface area contributed by atoms with Crippen LogP contribution in [-0.2, 0) is 4.79 Å². The first kappa shape index (κ1) is 13.9. The van der Waals surface area contributed by atoms with Gasteiger partial charge >= 0.3 is 0 Å². The molecule has 3 heteroatoms. The second-order valence-corrected chi connectivity index (χ2v) is 7.31. The number of likely N-dealkylation sites (tertiary alicyclic amines) is 1. The number of hydrogen-bond acceptors (Lipinski definition) is 2. The van der Waals surface area contributed by atoms with E-state index in [1.807, 2.05) is 0 Å². The number of rotatable bonds is 2. The summed E-state index contributed by atoms with van der Waals surface area (Å²) in [5.74, 6) is 1.09. The van der Waals surface area contributed by atoms with Gasteiger partial charge < -0.3 is 10.6 Å². The van der Waals surface area contributed by atoms with Gasteiger partial charge in [0.1, 0.15) is 0 Å². The van der Waals surface area contributed by atoms with E-state index in [0.717, 1.165) is 51.1 Å². The predicted octanol–water partition coefficient (Wildman–Crippen LogP) is 2.40. The predicted molar refractivity (Wildman–Crippen MR) is 74.1 cm³/mol. The Morgan fingerprint density at radius 1 is 1.28 bits per heavy atom. The summed E-state index contributed by atoms with van der Waals surface area (Å²) in [4.78, 5) is 14.9. The first-order valence-corrected chi connectivity index (χ1v) is 7.38. The molecule has 2 fully saturated rings. The second kappa shape index (κ2) is 4.84. The largest absolute Gasteiger partial charge is 0.342 e. The van der Waals surface area contributed by atoms with Gasteiger partial charge in [0.25, 0.3) is 0 Å². The third-order valence-electron chi connectivity index (χ3n) is 5.04. The van der Waals surface area contributed by atoms with Crippen molar-refractivity contribution < 1.29 is 4.79 Å². The highest BCUT2D eigenvalue weighted by Crippen LogP contribution is 2.41. The molecule has 0 unspecified atom stereocenters. The molecule has 1 amide bonds. The minimum absolute atomic E-state index is 0.243. The van der Waals surface area contributed by atoms with E-state index in [-0.39, 0.29) is 10.8 Å². The van der Waals surface area contributed by atoms with E-state index in [9.17, 15) is 4.79 Å². The molecule has 1 saturated carbocycles. The average molecular weight is 252 g/mol. The van der Waals surface area contributed by atoms with Crippen LogP contribution in [0.4, 0.5) is 0 Å². The number of hydrogen-bond donors (Lipinski definition) is 1. The van der Waals surface area contributed by atoms with Crippen LogP contribution in [0.3, 0.4) is 0 Å². The Morgan fingerprint density at radius 2 is 1.89 bits per heavy atom. The minimum atomic E-state index is -0.243. The molecule has 1 aliphatic carbocycles. The molecule has 1 saturated heterocycles. The summed E-state index contributed by atoms with van der Waals surface area (Å²) < 4.78 is 0. The fourth-order valence-corrected chi connectivity index (χ4v) is 3.44. The Bertz CT molecular complexity index is 316. The first-order valence-electron chi connectivity index (χ1n) is 7.38. The molecule has 2 N–H and O–H groups in total. The van der Waals surface area contributed by atoms with Crippen molar-refractivity contribution in [2.75, 3.05) is 19.6 Å². The van der Waals surface area contributed by atoms with Gasteiger partial charge in [0.2, 0.25) is 5.91 Å². The van der Waals surface area contributed by atoms with E-state index >= 15 is 0 Å². The van der Waals surface area contributed by atoms with E-state index < -0.39 is 0 Å². The molecule has 2 rings (SSSR count). The van der Waals surface area contributed by atoms with Crippen molar-refractivity contribution in [1.82, 2.24) is 4.90 Å². The molecule has 18 heavy (non-hydrogen) atoms. The molecule has 0 radical (unpaired) electrons. The first-order chi connectivity index (χ1) is 8.38. The van der Waals surface area contributed by atoms with Crippen LogP contribution in [0.1, 0.15) is 52.9 Å². The molecule has 0 spiro atoms. The smallest absolute Gasteiger partial charge is 0.230 e. The Kier molecular flexibility index (Phi) is 3.72. The van der Waals surface area contributed by atoms with Crippen molar-refractivity contribution in [3.05, 3.63) is 0 Å². The Hall–Kier alpha value is -0.570. The zero-order chi connectivity index (χ0) is 13.4. The number of nitrogens with two attached hydrogens (primary N) is 1. The fraction of sp³-hybridized carbons (Fsp3) is 0.933. The third kappa shape index (κ3) is 2.56. The van der Waals surface area contributed by atoms with Gasteiger partial charge in [0.05, 0.1) is 5.41 Å². The topological polar surface area (TPSA) is 46.3 Å². The standard InChI is InChI=1S/C15H28N2O/c1-12-4-6-15(10-16,7-5-12)13(18)17-9-8-14(2,3)11-17/h12H,4-11,16H2,1-3H3. The molecule has 1 aliphatic heterocycles. The molecular formula is C15H28N2O. The summed E-state index contributed by atoms with van der Waals surface area (Å²) >= 11 is 0. The highest BCUT2D eigenvalue weighted by Gasteiger charge is 2.44. The maximum absolute atomic E-state index is 12.8. The monoisotopic (exact) mass is 252 g/mol. The van der Waals surface area contributed by atoms with Crippen LogP contribution in [-0.4, -0.2) is 30.4 Å². The fourth-order valence-electron chi connectivity index (χ4n) is 3.44. The van der Waals surface area contributed by atoms with Crippen LogP contribution >= 0.6 is 0 Å². The maximum Gasteiger partial charge on any atom is 0.230 e. The normalized spacial score (nSPS) is 35.8. The summed E-state index contributed by atoms with van der Waals surface area (Å²) in [6.45, 7) is 9.13. The number of carbonyl (C=O) groups excluding carboxylic acids is 1. The lowest BCUT2D eigenvalue weighted by atomic mass is 9.70. The molecule has 0 aromatic rings. The van der Waals surface area contributed by atoms with E-state index in [1.54, 1.807) is 0 Å². The molecule has 0 aromatic carbocycles. The van der Waals surface area contributed by atoms with Gasteiger partial charge in [0, 0.05) is 19.6 Å². The number of carbonyl (C=O) groups is 1. The van der Waals surface area contributed by atoms with Crippen LogP contribution < -0.4 is 5.73 Å². The van der Waals surface area contributed by atoms with Crippen LogP contribution in [0.2, 0.25) is 0 Å². The summed E-state index contributed by atoms with van der Waals surface area (Å²) in [5, 5.41) is 0. The Morgan fingerprint density at radius 3 is 2.33 bits per heavy atom. The van der Waals surface area contributed by atoms with Gasteiger partial charge in [-0.25, -0.2) is 0 Å². The van der Waals surface area contributed by atoms with Crippen LogP contribution in [0, 0.1) is 16.7 Å². The van der Waals surface area contributed by atoms with E-state index in [4.69, 9.17) is 5.73 Å². The highest BCUT2D eigenvalue weighted by atomic mass is 16.2. The maximum atomic E-state index is 12.8. The second-order valence-electron chi connectivity index (χ2n) is 7.31. The van der Waals surface area contributed by atoms with Gasteiger partial charge in [-0.2, -0.15) is 0 Å². The lowest BCUT2D eigenvalue weighted by Crippen LogP contribution is -2.49. The summed E-state index contributed by atoms with van der Waals surface area (Å²) in [6, 6.07) is 0. The van der Waals surface area contributed by atoms with Crippen molar-refractivity contribution in [1.29, 1.82) is 0 Å². The molecular weight excluding hydrogens is 224 g/mol. The van der Waals surface area contributed by atoms with E-state index in [0.29, 0.717) is 12.5 Å². The lowest BCUT2D eigenvalue weighted by Gasteiger charge is -2.40. The van der Waals surface area contributed by atoms with Crippen LogP contribution in [0.15, 0.2) is 0 Å². The zero-order valence-electron chi connectivity index (χ0n) is 12.2. The average Bonchev–Trinajstić information content (AvgIpc) is 2.70. The summed E-state index contributed by atoms with van der Waals surface area (Å²) in [5.41, 5.74) is 6.01. The lowest BCUT2D eigenvalue weighted by molar-refractivity contribution is -0.143. The van der Waals surface area contributed by atoms with Crippen molar-refractivity contribution >= 4 is 5.91 Å². The molecule has 0 aromatic heterocycles. The van der Waals surface area contributed by atoms with Crippen LogP contribution in [0.25, 0.3) is 0 Å².